The number of hydrogen-bond acceptors (Lipinski definition) is 4. The molecule has 0 bridgehead atoms. The molecule has 0 radical (unpaired) electrons. The van der Waals surface area contributed by atoms with Gasteiger partial charge in [0, 0.05) is 41.7 Å². The molecule has 1 fully saturated rings. The summed E-state index contributed by atoms with van der Waals surface area (Å²) in [5, 5.41) is 6.55. The molecule has 1 unspecified atom stereocenters. The topological polar surface area (TPSA) is 21.3 Å². The van der Waals surface area contributed by atoms with Crippen molar-refractivity contribution in [1.29, 1.82) is 0 Å². The Morgan fingerprint density at radius 2 is 2.35 bits per heavy atom. The van der Waals surface area contributed by atoms with E-state index in [-0.39, 0.29) is 0 Å². The molecule has 0 amide bonds. The van der Waals surface area contributed by atoms with Gasteiger partial charge in [-0.25, -0.2) is 0 Å². The van der Waals surface area contributed by atoms with Crippen LogP contribution in [0.15, 0.2) is 17.5 Å². The fourth-order valence-corrected chi connectivity index (χ4v) is 3.84. The molecular weight excluding hydrogens is 250 g/mol. The zero-order valence-electron chi connectivity index (χ0n) is 10.4. The van der Waals surface area contributed by atoms with Crippen LogP contribution < -0.4 is 5.32 Å². The maximum Gasteiger partial charge on any atom is 0.0476 e. The van der Waals surface area contributed by atoms with Gasteiger partial charge in [0.25, 0.3) is 0 Å². The number of hydrogen-bond donors (Lipinski definition) is 1. The Morgan fingerprint density at radius 1 is 1.53 bits per heavy atom. The van der Waals surface area contributed by atoms with E-state index in [1.54, 1.807) is 0 Å². The standard InChI is InChI=1S/C13H21NOS2/c1-11(13-3-2-9-17-13)14-6-10-16-12-4-7-15-8-5-12/h2-3,9,11-12,14H,4-8,10H2,1H3. The van der Waals surface area contributed by atoms with Crippen LogP contribution in [-0.4, -0.2) is 30.8 Å². The molecule has 1 aliphatic heterocycles. The second-order valence-corrected chi connectivity index (χ2v) is 6.76. The molecule has 1 N–H and O–H groups in total. The van der Waals surface area contributed by atoms with Crippen LogP contribution in [0.5, 0.6) is 0 Å². The maximum atomic E-state index is 5.37. The Bertz CT molecular complexity index is 296. The molecule has 4 heteroatoms. The lowest BCUT2D eigenvalue weighted by Gasteiger charge is -2.21. The second-order valence-electron chi connectivity index (χ2n) is 4.37. The first kappa shape index (κ1) is 13.4. The molecule has 96 valence electrons. The van der Waals surface area contributed by atoms with Gasteiger partial charge in [-0.15, -0.1) is 11.3 Å². The molecule has 0 aromatic carbocycles. The fourth-order valence-electron chi connectivity index (χ4n) is 1.98. The van der Waals surface area contributed by atoms with Crippen LogP contribution in [0, 0.1) is 0 Å². The number of rotatable bonds is 6. The van der Waals surface area contributed by atoms with Gasteiger partial charge in [-0.2, -0.15) is 11.8 Å². The quantitative estimate of drug-likeness (QED) is 0.802. The summed E-state index contributed by atoms with van der Waals surface area (Å²) in [6.45, 7) is 5.25. The van der Waals surface area contributed by atoms with E-state index in [4.69, 9.17) is 4.74 Å². The highest BCUT2D eigenvalue weighted by Crippen LogP contribution is 2.22. The van der Waals surface area contributed by atoms with Crippen LogP contribution in [0.3, 0.4) is 0 Å². The zero-order valence-corrected chi connectivity index (χ0v) is 12.0. The molecule has 1 aromatic heterocycles. The molecule has 2 heterocycles. The SMILES string of the molecule is CC(NCCSC1CCOCC1)c1cccs1. The van der Waals surface area contributed by atoms with Crippen molar-refractivity contribution in [2.24, 2.45) is 0 Å². The van der Waals surface area contributed by atoms with Gasteiger partial charge < -0.3 is 10.1 Å². The van der Waals surface area contributed by atoms with Crippen LogP contribution in [0.2, 0.25) is 0 Å². The molecule has 0 spiro atoms. The smallest absolute Gasteiger partial charge is 0.0476 e. The highest BCUT2D eigenvalue weighted by Gasteiger charge is 2.13. The molecule has 2 nitrogen and oxygen atoms in total. The normalized spacial score (nSPS) is 19.4. The van der Waals surface area contributed by atoms with Crippen molar-refractivity contribution in [3.8, 4) is 0 Å². The predicted molar refractivity (Wildman–Crippen MR) is 77.0 cm³/mol. The summed E-state index contributed by atoms with van der Waals surface area (Å²) in [6, 6.07) is 4.81. The van der Waals surface area contributed by atoms with Gasteiger partial charge in [0.2, 0.25) is 0 Å². The lowest BCUT2D eigenvalue weighted by Crippen LogP contribution is -2.23. The van der Waals surface area contributed by atoms with Gasteiger partial charge in [-0.05, 0) is 31.2 Å². The maximum absolute atomic E-state index is 5.37. The van der Waals surface area contributed by atoms with Crippen molar-refractivity contribution in [2.45, 2.75) is 31.1 Å². The van der Waals surface area contributed by atoms with E-state index in [2.05, 4.69) is 41.5 Å². The zero-order chi connectivity index (χ0) is 11.9. The summed E-state index contributed by atoms with van der Waals surface area (Å²) < 4.78 is 5.37. The third-order valence-electron chi connectivity index (χ3n) is 3.04. The van der Waals surface area contributed by atoms with E-state index in [0.29, 0.717) is 6.04 Å². The highest BCUT2D eigenvalue weighted by molar-refractivity contribution is 7.99. The monoisotopic (exact) mass is 271 g/mol. The molecule has 1 aromatic rings. The number of nitrogens with one attached hydrogen (secondary N) is 1. The van der Waals surface area contributed by atoms with Crippen molar-refractivity contribution in [1.82, 2.24) is 5.32 Å². The van der Waals surface area contributed by atoms with Crippen LogP contribution in [-0.2, 0) is 4.74 Å². The highest BCUT2D eigenvalue weighted by atomic mass is 32.2. The van der Waals surface area contributed by atoms with Gasteiger partial charge in [0.05, 0.1) is 0 Å². The van der Waals surface area contributed by atoms with Gasteiger partial charge in [0.1, 0.15) is 0 Å². The Morgan fingerprint density at radius 3 is 3.06 bits per heavy atom. The minimum absolute atomic E-state index is 0.491. The van der Waals surface area contributed by atoms with Crippen molar-refractivity contribution in [3.63, 3.8) is 0 Å². The summed E-state index contributed by atoms with van der Waals surface area (Å²) in [5.74, 6) is 1.21. The predicted octanol–water partition coefficient (Wildman–Crippen LogP) is 3.31. The Balaban J connectivity index is 1.56. The molecule has 0 saturated carbocycles. The minimum atomic E-state index is 0.491. The van der Waals surface area contributed by atoms with E-state index in [9.17, 15) is 0 Å². The van der Waals surface area contributed by atoms with Gasteiger partial charge in [-0.1, -0.05) is 6.07 Å². The van der Waals surface area contributed by atoms with Crippen LogP contribution >= 0.6 is 23.1 Å². The molecular formula is C13H21NOS2. The lowest BCUT2D eigenvalue weighted by molar-refractivity contribution is 0.100. The van der Waals surface area contributed by atoms with Crippen molar-refractivity contribution < 1.29 is 4.74 Å². The van der Waals surface area contributed by atoms with E-state index >= 15 is 0 Å². The summed E-state index contributed by atoms with van der Waals surface area (Å²) in [7, 11) is 0. The van der Waals surface area contributed by atoms with Crippen molar-refractivity contribution in [3.05, 3.63) is 22.4 Å². The largest absolute Gasteiger partial charge is 0.381 e. The Kier molecular flexibility index (Phi) is 5.85. The van der Waals surface area contributed by atoms with Crippen molar-refractivity contribution >= 4 is 23.1 Å². The van der Waals surface area contributed by atoms with E-state index < -0.39 is 0 Å². The fraction of sp³-hybridized carbons (Fsp3) is 0.692. The average molecular weight is 271 g/mol. The van der Waals surface area contributed by atoms with Gasteiger partial charge in [-0.3, -0.25) is 0 Å². The molecule has 17 heavy (non-hydrogen) atoms. The lowest BCUT2D eigenvalue weighted by atomic mass is 10.2. The first-order valence-corrected chi connectivity index (χ1v) is 8.25. The van der Waals surface area contributed by atoms with Crippen molar-refractivity contribution in [2.75, 3.05) is 25.5 Å². The van der Waals surface area contributed by atoms with Crippen LogP contribution in [0.4, 0.5) is 0 Å². The first-order chi connectivity index (χ1) is 8.36. The minimum Gasteiger partial charge on any atom is -0.381 e. The number of ether oxygens (including phenoxy) is 1. The molecule has 1 aliphatic rings. The van der Waals surface area contributed by atoms with Gasteiger partial charge in [0.15, 0.2) is 0 Å². The Labute approximate surface area is 112 Å². The third kappa shape index (κ3) is 4.62. The number of thiophene rings is 1. The first-order valence-electron chi connectivity index (χ1n) is 6.32. The van der Waals surface area contributed by atoms with E-state index in [1.165, 1.54) is 23.5 Å². The molecule has 1 atom stereocenters. The Hall–Kier alpha value is -0.0300. The average Bonchev–Trinajstić information content (AvgIpc) is 2.89. The molecule has 2 rings (SSSR count). The van der Waals surface area contributed by atoms with E-state index in [0.717, 1.165) is 25.0 Å². The summed E-state index contributed by atoms with van der Waals surface area (Å²) in [6.07, 6.45) is 2.45. The second kappa shape index (κ2) is 7.41. The summed E-state index contributed by atoms with van der Waals surface area (Å²) in [4.78, 5) is 1.43. The summed E-state index contributed by atoms with van der Waals surface area (Å²) >= 11 is 3.93. The third-order valence-corrected chi connectivity index (χ3v) is 5.48. The van der Waals surface area contributed by atoms with Crippen LogP contribution in [0.25, 0.3) is 0 Å². The van der Waals surface area contributed by atoms with Gasteiger partial charge >= 0.3 is 0 Å². The number of thioether (sulfide) groups is 1. The summed E-state index contributed by atoms with van der Waals surface area (Å²) in [5.41, 5.74) is 0. The van der Waals surface area contributed by atoms with Crippen LogP contribution in [0.1, 0.15) is 30.7 Å². The van der Waals surface area contributed by atoms with E-state index in [1.807, 2.05) is 11.3 Å². The molecule has 0 aliphatic carbocycles. The molecule has 1 saturated heterocycles.